The van der Waals surface area contributed by atoms with E-state index in [9.17, 15) is 4.79 Å². The van der Waals surface area contributed by atoms with E-state index in [2.05, 4.69) is 36.5 Å². The number of nitrogens with zero attached hydrogens (tertiary/aromatic N) is 2. The van der Waals surface area contributed by atoms with Crippen LogP contribution in [-0.2, 0) is 14.9 Å². The monoisotopic (exact) mass is 344 g/mol. The van der Waals surface area contributed by atoms with Crippen LogP contribution in [0.3, 0.4) is 0 Å². The van der Waals surface area contributed by atoms with E-state index < -0.39 is 0 Å². The first kappa shape index (κ1) is 16.8. The highest BCUT2D eigenvalue weighted by atomic mass is 79.9. The molecule has 0 unspecified atom stereocenters. The van der Waals surface area contributed by atoms with E-state index in [-0.39, 0.29) is 17.9 Å². The molecular formula is C13H21BrN4O2. The van der Waals surface area contributed by atoms with Gasteiger partial charge in [-0.15, -0.1) is 0 Å². The number of amides is 1. The van der Waals surface area contributed by atoms with Gasteiger partial charge in [0.1, 0.15) is 16.2 Å². The number of rotatable bonds is 6. The quantitative estimate of drug-likeness (QED) is 0.606. The molecule has 0 bridgehead atoms. The van der Waals surface area contributed by atoms with Crippen molar-refractivity contribution in [3.8, 4) is 0 Å². The average molecular weight is 345 g/mol. The third kappa shape index (κ3) is 5.83. The zero-order chi connectivity index (χ0) is 15.2. The molecule has 0 aromatic carbocycles. The first-order valence-corrected chi connectivity index (χ1v) is 7.17. The molecule has 20 heavy (non-hydrogen) atoms. The molecule has 1 amide bonds. The maximum atomic E-state index is 11.6. The van der Waals surface area contributed by atoms with Crippen LogP contribution in [0.5, 0.6) is 0 Å². The minimum Gasteiger partial charge on any atom is -0.383 e. The van der Waals surface area contributed by atoms with E-state index in [0.717, 1.165) is 0 Å². The lowest BCUT2D eigenvalue weighted by Gasteiger charge is -2.17. The smallest absolute Gasteiger partial charge is 0.239 e. The molecule has 0 fully saturated rings. The van der Waals surface area contributed by atoms with Crippen LogP contribution in [-0.4, -0.2) is 42.7 Å². The van der Waals surface area contributed by atoms with Crippen molar-refractivity contribution in [3.05, 3.63) is 16.5 Å². The van der Waals surface area contributed by atoms with Crippen LogP contribution in [0, 0.1) is 0 Å². The van der Waals surface area contributed by atoms with Crippen molar-refractivity contribution in [1.82, 2.24) is 15.3 Å². The molecular weight excluding hydrogens is 324 g/mol. The lowest BCUT2D eigenvalue weighted by Crippen LogP contribution is -2.32. The lowest BCUT2D eigenvalue weighted by molar-refractivity contribution is -0.119. The van der Waals surface area contributed by atoms with Crippen LogP contribution in [0.25, 0.3) is 0 Å². The molecule has 1 aromatic rings. The number of carbonyl (C=O) groups is 1. The molecule has 2 N–H and O–H groups in total. The van der Waals surface area contributed by atoms with Crippen LogP contribution >= 0.6 is 15.9 Å². The second-order valence-electron chi connectivity index (χ2n) is 5.35. The second kappa shape index (κ2) is 7.54. The largest absolute Gasteiger partial charge is 0.383 e. The molecule has 0 radical (unpaired) electrons. The summed E-state index contributed by atoms with van der Waals surface area (Å²) in [5.74, 6) is 1.24. The summed E-state index contributed by atoms with van der Waals surface area (Å²) in [7, 11) is 1.59. The van der Waals surface area contributed by atoms with Crippen molar-refractivity contribution in [3.63, 3.8) is 0 Å². The highest BCUT2D eigenvalue weighted by Crippen LogP contribution is 2.22. The van der Waals surface area contributed by atoms with Crippen LogP contribution in [0.15, 0.2) is 10.7 Å². The third-order valence-corrected chi connectivity index (χ3v) is 2.83. The van der Waals surface area contributed by atoms with E-state index >= 15 is 0 Å². The fourth-order valence-electron chi connectivity index (χ4n) is 1.37. The van der Waals surface area contributed by atoms with E-state index in [4.69, 9.17) is 4.74 Å². The van der Waals surface area contributed by atoms with Crippen molar-refractivity contribution >= 4 is 27.7 Å². The minimum absolute atomic E-state index is 0.103. The predicted octanol–water partition coefficient (Wildman–Crippen LogP) is 1.71. The van der Waals surface area contributed by atoms with Gasteiger partial charge >= 0.3 is 0 Å². The number of hydrogen-bond acceptors (Lipinski definition) is 5. The summed E-state index contributed by atoms with van der Waals surface area (Å²) in [6.07, 6.45) is 0. The molecule has 0 saturated heterocycles. The van der Waals surface area contributed by atoms with Gasteiger partial charge in [0.25, 0.3) is 0 Å². The number of carbonyl (C=O) groups excluding carboxylic acids is 1. The first-order valence-electron chi connectivity index (χ1n) is 6.37. The average Bonchev–Trinajstić information content (AvgIpc) is 2.35. The van der Waals surface area contributed by atoms with Crippen molar-refractivity contribution in [2.75, 3.05) is 32.1 Å². The molecule has 0 atom stereocenters. The number of anilines is 1. The molecule has 0 saturated carbocycles. The topological polar surface area (TPSA) is 76.1 Å². The van der Waals surface area contributed by atoms with E-state index in [1.165, 1.54) is 0 Å². The van der Waals surface area contributed by atoms with E-state index in [0.29, 0.717) is 29.4 Å². The third-order valence-electron chi connectivity index (χ3n) is 2.42. The van der Waals surface area contributed by atoms with Gasteiger partial charge in [0.15, 0.2) is 0 Å². The Hall–Kier alpha value is -1.21. The Bertz CT molecular complexity index is 460. The standard InChI is InChI=1S/C13H21BrN4O2/c1-13(2,3)12-17-9(14)7-10(18-12)16-8-11(19)15-5-6-20-4/h7H,5-6,8H2,1-4H3,(H,15,19)(H,16,17,18). The summed E-state index contributed by atoms with van der Waals surface area (Å²) < 4.78 is 5.56. The van der Waals surface area contributed by atoms with Gasteiger partial charge in [0, 0.05) is 25.1 Å². The van der Waals surface area contributed by atoms with Crippen molar-refractivity contribution < 1.29 is 9.53 Å². The van der Waals surface area contributed by atoms with Crippen LogP contribution < -0.4 is 10.6 Å². The molecule has 1 rings (SSSR count). The summed E-state index contributed by atoms with van der Waals surface area (Å²) in [6, 6.07) is 1.75. The summed E-state index contributed by atoms with van der Waals surface area (Å²) in [4.78, 5) is 20.3. The number of nitrogens with one attached hydrogen (secondary N) is 2. The summed E-state index contributed by atoms with van der Waals surface area (Å²) in [5, 5.41) is 5.72. The molecule has 112 valence electrons. The highest BCUT2D eigenvalue weighted by molar-refractivity contribution is 9.10. The zero-order valence-corrected chi connectivity index (χ0v) is 13.9. The highest BCUT2D eigenvalue weighted by Gasteiger charge is 2.18. The van der Waals surface area contributed by atoms with Crippen LogP contribution in [0.4, 0.5) is 5.82 Å². The Morgan fingerprint density at radius 3 is 2.70 bits per heavy atom. The molecule has 1 aromatic heterocycles. The maximum Gasteiger partial charge on any atom is 0.239 e. The molecule has 7 heteroatoms. The number of aromatic nitrogens is 2. The molecule has 0 aliphatic heterocycles. The van der Waals surface area contributed by atoms with Gasteiger partial charge in [-0.1, -0.05) is 20.8 Å². The number of methoxy groups -OCH3 is 1. The van der Waals surface area contributed by atoms with E-state index in [1.807, 2.05) is 20.8 Å². The van der Waals surface area contributed by atoms with Gasteiger partial charge in [-0.25, -0.2) is 9.97 Å². The maximum absolute atomic E-state index is 11.6. The first-order chi connectivity index (χ1) is 9.32. The minimum atomic E-state index is -0.152. The van der Waals surface area contributed by atoms with Crippen molar-refractivity contribution in [2.45, 2.75) is 26.2 Å². The molecule has 6 nitrogen and oxygen atoms in total. The van der Waals surface area contributed by atoms with Crippen molar-refractivity contribution in [2.24, 2.45) is 0 Å². The zero-order valence-electron chi connectivity index (χ0n) is 12.3. The van der Waals surface area contributed by atoms with Gasteiger partial charge < -0.3 is 15.4 Å². The molecule has 1 heterocycles. The Labute approximate surface area is 127 Å². The van der Waals surface area contributed by atoms with Gasteiger partial charge in [0.05, 0.1) is 13.2 Å². The predicted molar refractivity (Wildman–Crippen MR) is 81.8 cm³/mol. The Kier molecular flexibility index (Phi) is 6.35. The molecule has 0 aliphatic carbocycles. The Morgan fingerprint density at radius 1 is 1.40 bits per heavy atom. The lowest BCUT2D eigenvalue weighted by atomic mass is 9.96. The fraction of sp³-hybridized carbons (Fsp3) is 0.615. The van der Waals surface area contributed by atoms with Gasteiger partial charge in [-0.05, 0) is 15.9 Å². The van der Waals surface area contributed by atoms with Gasteiger partial charge in [-0.2, -0.15) is 0 Å². The summed E-state index contributed by atoms with van der Waals surface area (Å²) in [5.41, 5.74) is -0.152. The summed E-state index contributed by atoms with van der Waals surface area (Å²) in [6.45, 7) is 7.27. The molecule has 0 aliphatic rings. The second-order valence-corrected chi connectivity index (χ2v) is 6.16. The van der Waals surface area contributed by atoms with E-state index in [1.54, 1.807) is 13.2 Å². The molecule has 0 spiro atoms. The SMILES string of the molecule is COCCNC(=O)CNc1cc(Br)nc(C(C)(C)C)n1. The van der Waals surface area contributed by atoms with Crippen LogP contribution in [0.2, 0.25) is 0 Å². The summed E-state index contributed by atoms with van der Waals surface area (Å²) >= 11 is 3.36. The number of halogens is 1. The number of ether oxygens (including phenoxy) is 1. The Morgan fingerprint density at radius 2 is 2.10 bits per heavy atom. The van der Waals surface area contributed by atoms with Crippen molar-refractivity contribution in [1.29, 1.82) is 0 Å². The normalized spacial score (nSPS) is 11.2. The van der Waals surface area contributed by atoms with Crippen LogP contribution in [0.1, 0.15) is 26.6 Å². The number of hydrogen-bond donors (Lipinski definition) is 2. The Balaban J connectivity index is 2.60. The van der Waals surface area contributed by atoms with Gasteiger partial charge in [0.2, 0.25) is 5.91 Å². The van der Waals surface area contributed by atoms with Gasteiger partial charge in [-0.3, -0.25) is 4.79 Å². The fourth-order valence-corrected chi connectivity index (χ4v) is 1.75.